The molecule has 0 fully saturated rings. The van der Waals surface area contributed by atoms with Crippen LogP contribution in [0.1, 0.15) is 45.4 Å². The summed E-state index contributed by atoms with van der Waals surface area (Å²) in [5, 5.41) is 0. The molecule has 0 saturated carbocycles. The van der Waals surface area contributed by atoms with Gasteiger partial charge in [-0.25, -0.2) is 0 Å². The summed E-state index contributed by atoms with van der Waals surface area (Å²) in [4.78, 5) is 0. The number of fused-ring (bicyclic) bond motifs is 4. The van der Waals surface area contributed by atoms with Gasteiger partial charge in [0, 0.05) is 0 Å². The van der Waals surface area contributed by atoms with E-state index in [1.807, 2.05) is 0 Å². The maximum absolute atomic E-state index is 10.3. The Morgan fingerprint density at radius 1 is 0.720 bits per heavy atom. The van der Waals surface area contributed by atoms with Crippen LogP contribution >= 0.6 is 24.0 Å². The Kier molecular flexibility index (Phi) is 9.67. The standard InChI is InChI=1S/C12H8.C8H18O3S.HI/c1-2-6-10-9(5-1)11-7-3-4-8-12(10)11;1-2-3-4-5-6-7-8-12(9,10)11;/h1-8H;2-8H2,1H3,(H,9,10,11);1H. The molecule has 0 spiro atoms. The van der Waals surface area contributed by atoms with Crippen LogP contribution in [0.4, 0.5) is 0 Å². The van der Waals surface area contributed by atoms with Gasteiger partial charge in [-0.15, -0.1) is 24.0 Å². The highest BCUT2D eigenvalue weighted by Crippen LogP contribution is 2.46. The minimum absolute atomic E-state index is 0. The summed E-state index contributed by atoms with van der Waals surface area (Å²) in [5.41, 5.74) is 5.59. The molecule has 0 heterocycles. The van der Waals surface area contributed by atoms with Crippen LogP contribution in [0.2, 0.25) is 0 Å². The Hall–Kier alpha value is -0.920. The number of unbranched alkanes of at least 4 members (excludes halogenated alkanes) is 5. The minimum atomic E-state index is -3.72. The van der Waals surface area contributed by atoms with Crippen molar-refractivity contribution in [1.29, 1.82) is 0 Å². The molecule has 0 amide bonds. The van der Waals surface area contributed by atoms with Crippen molar-refractivity contribution in [1.82, 2.24) is 0 Å². The van der Waals surface area contributed by atoms with E-state index in [0.29, 0.717) is 6.42 Å². The first-order chi connectivity index (χ1) is 11.5. The van der Waals surface area contributed by atoms with Gasteiger partial charge in [0.25, 0.3) is 10.1 Å². The maximum Gasteiger partial charge on any atom is 0.264 e. The smallest absolute Gasteiger partial charge is 0.264 e. The van der Waals surface area contributed by atoms with Crippen molar-refractivity contribution in [3.8, 4) is 22.3 Å². The van der Waals surface area contributed by atoms with Crippen molar-refractivity contribution in [3.05, 3.63) is 48.5 Å². The Morgan fingerprint density at radius 2 is 1.08 bits per heavy atom. The van der Waals surface area contributed by atoms with Gasteiger partial charge in [-0.1, -0.05) is 87.6 Å². The zero-order valence-electron chi connectivity index (χ0n) is 14.6. The first-order valence-corrected chi connectivity index (χ1v) is 10.3. The lowest BCUT2D eigenvalue weighted by molar-refractivity contribution is 0.478. The number of benzene rings is 2. The summed E-state index contributed by atoms with van der Waals surface area (Å²) >= 11 is 0. The lowest BCUT2D eigenvalue weighted by Crippen LogP contribution is -2.03. The second kappa shape index (κ2) is 10.9. The van der Waals surface area contributed by atoms with Gasteiger partial charge < -0.3 is 0 Å². The first-order valence-electron chi connectivity index (χ1n) is 8.67. The van der Waals surface area contributed by atoms with Crippen molar-refractivity contribution in [2.45, 2.75) is 45.4 Å². The lowest BCUT2D eigenvalue weighted by atomic mass is 9.81. The molecule has 1 aliphatic carbocycles. The van der Waals surface area contributed by atoms with Crippen LogP contribution in [-0.4, -0.2) is 18.7 Å². The molecule has 0 saturated heterocycles. The van der Waals surface area contributed by atoms with Gasteiger partial charge in [0.15, 0.2) is 0 Å². The van der Waals surface area contributed by atoms with Gasteiger partial charge in [-0.05, 0) is 28.7 Å². The van der Waals surface area contributed by atoms with Gasteiger partial charge in [0.1, 0.15) is 0 Å². The summed E-state index contributed by atoms with van der Waals surface area (Å²) in [6, 6.07) is 17.1. The predicted octanol–water partition coefficient (Wildman–Crippen LogP) is 6.19. The van der Waals surface area contributed by atoms with Gasteiger partial charge in [-0.3, -0.25) is 4.55 Å². The number of halogens is 1. The third-order valence-corrected chi connectivity index (χ3v) is 4.99. The third kappa shape index (κ3) is 7.07. The lowest BCUT2D eigenvalue weighted by Gasteiger charge is -2.22. The van der Waals surface area contributed by atoms with Crippen LogP contribution < -0.4 is 0 Å². The van der Waals surface area contributed by atoms with Crippen LogP contribution in [-0.2, 0) is 10.1 Å². The highest BCUT2D eigenvalue weighted by molar-refractivity contribution is 14.0. The molecule has 5 heteroatoms. The summed E-state index contributed by atoms with van der Waals surface area (Å²) in [6.45, 7) is 2.14. The fourth-order valence-electron chi connectivity index (χ4n) is 2.91. The van der Waals surface area contributed by atoms with E-state index in [1.165, 1.54) is 41.5 Å². The second-order valence-electron chi connectivity index (χ2n) is 6.14. The quantitative estimate of drug-likeness (QED) is 0.253. The Labute approximate surface area is 168 Å². The molecule has 1 aliphatic rings. The molecular weight excluding hydrogens is 447 g/mol. The molecule has 2 aromatic rings. The molecule has 0 aromatic heterocycles. The van der Waals surface area contributed by atoms with Crippen LogP contribution in [0.3, 0.4) is 0 Å². The van der Waals surface area contributed by atoms with E-state index >= 15 is 0 Å². The van der Waals surface area contributed by atoms with Crippen LogP contribution in [0.25, 0.3) is 22.3 Å². The van der Waals surface area contributed by atoms with Gasteiger partial charge >= 0.3 is 0 Å². The molecule has 3 rings (SSSR count). The highest BCUT2D eigenvalue weighted by Gasteiger charge is 2.19. The Morgan fingerprint density at radius 3 is 1.44 bits per heavy atom. The zero-order chi connectivity index (χ0) is 17.4. The van der Waals surface area contributed by atoms with Crippen molar-refractivity contribution in [2.24, 2.45) is 0 Å². The van der Waals surface area contributed by atoms with E-state index in [1.54, 1.807) is 0 Å². The van der Waals surface area contributed by atoms with Crippen molar-refractivity contribution in [2.75, 3.05) is 5.75 Å². The minimum Gasteiger partial charge on any atom is -0.286 e. The number of rotatable bonds is 7. The predicted molar refractivity (Wildman–Crippen MR) is 116 cm³/mol. The molecule has 3 nitrogen and oxygen atoms in total. The normalized spacial score (nSPS) is 11.1. The summed E-state index contributed by atoms with van der Waals surface area (Å²) in [7, 11) is -3.72. The largest absolute Gasteiger partial charge is 0.286 e. The molecule has 0 radical (unpaired) electrons. The number of hydrogen-bond donors (Lipinski definition) is 1. The molecule has 25 heavy (non-hydrogen) atoms. The molecule has 0 atom stereocenters. The van der Waals surface area contributed by atoms with Crippen molar-refractivity contribution in [3.63, 3.8) is 0 Å². The van der Waals surface area contributed by atoms with Crippen LogP contribution in [0.15, 0.2) is 48.5 Å². The average Bonchev–Trinajstić information content (AvgIpc) is 2.55. The fourth-order valence-corrected chi connectivity index (χ4v) is 3.48. The van der Waals surface area contributed by atoms with Crippen LogP contribution in [0.5, 0.6) is 0 Å². The van der Waals surface area contributed by atoms with Crippen molar-refractivity contribution < 1.29 is 13.0 Å². The fraction of sp³-hybridized carbons (Fsp3) is 0.400. The third-order valence-electron chi connectivity index (χ3n) is 4.19. The monoisotopic (exact) mass is 474 g/mol. The molecule has 2 aromatic carbocycles. The molecule has 1 N–H and O–H groups in total. The Bertz CT molecular complexity index is 657. The second-order valence-corrected chi connectivity index (χ2v) is 7.72. The molecule has 0 bridgehead atoms. The SMILES string of the molecule is CCCCCCCCS(=O)(=O)O.I.c1ccc2c(c1)-c1ccccc1-2. The highest BCUT2D eigenvalue weighted by atomic mass is 127. The zero-order valence-corrected chi connectivity index (χ0v) is 17.8. The molecule has 0 unspecified atom stereocenters. The van der Waals surface area contributed by atoms with Gasteiger partial charge in [-0.2, -0.15) is 8.42 Å². The van der Waals surface area contributed by atoms with Crippen LogP contribution in [0, 0.1) is 0 Å². The summed E-state index contributed by atoms with van der Waals surface area (Å²) < 4.78 is 28.9. The van der Waals surface area contributed by atoms with Gasteiger partial charge in [0.2, 0.25) is 0 Å². The topological polar surface area (TPSA) is 54.4 Å². The molecule has 138 valence electrons. The summed E-state index contributed by atoms with van der Waals surface area (Å²) in [6.07, 6.45) is 6.14. The summed E-state index contributed by atoms with van der Waals surface area (Å²) in [5.74, 6) is -0.0842. The first kappa shape index (κ1) is 22.1. The van der Waals surface area contributed by atoms with Gasteiger partial charge in [0.05, 0.1) is 5.75 Å². The van der Waals surface area contributed by atoms with E-state index in [4.69, 9.17) is 4.55 Å². The van der Waals surface area contributed by atoms with E-state index < -0.39 is 10.1 Å². The van der Waals surface area contributed by atoms with E-state index in [9.17, 15) is 8.42 Å². The van der Waals surface area contributed by atoms with E-state index in [0.717, 1.165) is 12.8 Å². The molecule has 0 aliphatic heterocycles. The van der Waals surface area contributed by atoms with E-state index in [2.05, 4.69) is 55.5 Å². The van der Waals surface area contributed by atoms with E-state index in [-0.39, 0.29) is 29.7 Å². The molecular formula is C20H27IO3S. The maximum atomic E-state index is 10.3. The average molecular weight is 474 g/mol. The number of hydrogen-bond acceptors (Lipinski definition) is 2. The Balaban J connectivity index is 0.000000240. The van der Waals surface area contributed by atoms with Crippen molar-refractivity contribution >= 4 is 34.1 Å².